The number of carbonyl (C=O) groups is 1. The number of esters is 1. The fourth-order valence-electron chi connectivity index (χ4n) is 3.00. The molecule has 0 saturated carbocycles. The Kier molecular flexibility index (Phi) is 6.14. The van der Waals surface area contributed by atoms with Crippen LogP contribution in [0.4, 0.5) is 24.7 Å². The molecule has 0 unspecified atom stereocenters. The number of aromatic nitrogens is 4. The highest BCUT2D eigenvalue weighted by molar-refractivity contribution is 5.96. The molecule has 0 spiro atoms. The van der Waals surface area contributed by atoms with Crippen LogP contribution in [0.15, 0.2) is 18.6 Å². The lowest BCUT2D eigenvalue weighted by atomic mass is 10.1. The Hall–Kier alpha value is -3.29. The predicted octanol–water partition coefficient (Wildman–Crippen LogP) is 1.90. The van der Waals surface area contributed by atoms with Gasteiger partial charge in [-0.1, -0.05) is 0 Å². The van der Waals surface area contributed by atoms with Crippen molar-refractivity contribution in [1.82, 2.24) is 19.7 Å². The molecule has 3 heterocycles. The summed E-state index contributed by atoms with van der Waals surface area (Å²) in [6, 6.07) is 0.336. The summed E-state index contributed by atoms with van der Waals surface area (Å²) in [7, 11) is 0. The van der Waals surface area contributed by atoms with Crippen molar-refractivity contribution in [2.24, 2.45) is 0 Å². The number of ether oxygens (including phenoxy) is 2. The summed E-state index contributed by atoms with van der Waals surface area (Å²) in [6.45, 7) is 0.533. The average Bonchev–Trinajstić information content (AvgIpc) is 3.14. The molecule has 0 amide bonds. The molecule has 0 aromatic carbocycles. The Morgan fingerprint density at radius 3 is 2.87 bits per heavy atom. The number of halogens is 3. The molecule has 30 heavy (non-hydrogen) atoms. The van der Waals surface area contributed by atoms with E-state index in [2.05, 4.69) is 15.1 Å². The SMILES string of the molecule is CCOC(=O)c1ccnc(N2CCOC[C@H]2c2ncn(CC(F)(F)F)n2)c1[N+](=O)[O-]. The van der Waals surface area contributed by atoms with Gasteiger partial charge in [0.25, 0.3) is 0 Å². The third kappa shape index (κ3) is 4.64. The van der Waals surface area contributed by atoms with Crippen molar-refractivity contribution >= 4 is 17.5 Å². The number of anilines is 1. The lowest BCUT2D eigenvalue weighted by Crippen LogP contribution is -2.41. The molecule has 11 nitrogen and oxygen atoms in total. The molecule has 1 atom stereocenters. The Bertz CT molecular complexity index is 934. The van der Waals surface area contributed by atoms with Gasteiger partial charge in [-0.2, -0.15) is 18.3 Å². The van der Waals surface area contributed by atoms with Crippen LogP contribution in [0.1, 0.15) is 29.1 Å². The Morgan fingerprint density at radius 1 is 1.43 bits per heavy atom. The lowest BCUT2D eigenvalue weighted by Gasteiger charge is -2.34. The Balaban J connectivity index is 2.00. The van der Waals surface area contributed by atoms with Gasteiger partial charge >= 0.3 is 17.8 Å². The van der Waals surface area contributed by atoms with Crippen molar-refractivity contribution in [2.45, 2.75) is 25.7 Å². The minimum Gasteiger partial charge on any atom is -0.462 e. The van der Waals surface area contributed by atoms with Crippen LogP contribution in [0.25, 0.3) is 0 Å². The minimum atomic E-state index is -4.48. The molecule has 1 aliphatic rings. The standard InChI is InChI=1S/C16H17F3N6O5/c1-2-30-15(26)10-3-4-20-14(12(10)25(27)28)24-5-6-29-7-11(24)13-21-9-23(22-13)8-16(17,18)19/h3-4,9,11H,2,5-8H2,1H3/t11-/m0/s1. The van der Waals surface area contributed by atoms with Crippen LogP contribution in [-0.4, -0.2) is 63.2 Å². The summed E-state index contributed by atoms with van der Waals surface area (Å²) >= 11 is 0. The van der Waals surface area contributed by atoms with Gasteiger partial charge in [-0.25, -0.2) is 19.4 Å². The van der Waals surface area contributed by atoms with Gasteiger partial charge in [0.1, 0.15) is 24.5 Å². The molecular formula is C16H17F3N6O5. The van der Waals surface area contributed by atoms with E-state index in [-0.39, 0.29) is 43.6 Å². The number of alkyl halides is 3. The number of hydrogen-bond acceptors (Lipinski definition) is 9. The van der Waals surface area contributed by atoms with E-state index in [0.29, 0.717) is 4.68 Å². The van der Waals surface area contributed by atoms with Gasteiger partial charge in [0.05, 0.1) is 24.7 Å². The normalized spacial score (nSPS) is 17.1. The first-order valence-corrected chi connectivity index (χ1v) is 8.82. The lowest BCUT2D eigenvalue weighted by molar-refractivity contribution is -0.384. The number of pyridine rings is 1. The van der Waals surface area contributed by atoms with Crippen LogP contribution >= 0.6 is 0 Å². The highest BCUT2D eigenvalue weighted by Gasteiger charge is 2.37. The van der Waals surface area contributed by atoms with Crippen molar-refractivity contribution in [3.63, 3.8) is 0 Å². The maximum absolute atomic E-state index is 12.6. The quantitative estimate of drug-likeness (QED) is 0.384. The van der Waals surface area contributed by atoms with Gasteiger partial charge in [0, 0.05) is 12.7 Å². The molecule has 0 N–H and O–H groups in total. The second-order valence-corrected chi connectivity index (χ2v) is 6.21. The van der Waals surface area contributed by atoms with Crippen LogP contribution in [0.5, 0.6) is 0 Å². The first-order chi connectivity index (χ1) is 14.2. The molecule has 0 aliphatic carbocycles. The second kappa shape index (κ2) is 8.61. The number of nitrogens with zero attached hydrogens (tertiary/aromatic N) is 6. The van der Waals surface area contributed by atoms with E-state index in [1.807, 2.05) is 0 Å². The van der Waals surface area contributed by atoms with Crippen LogP contribution in [0.3, 0.4) is 0 Å². The van der Waals surface area contributed by atoms with Gasteiger partial charge in [0.2, 0.25) is 5.82 Å². The van der Waals surface area contributed by atoms with E-state index >= 15 is 0 Å². The molecule has 1 aliphatic heterocycles. The fourth-order valence-corrected chi connectivity index (χ4v) is 3.00. The maximum Gasteiger partial charge on any atom is 0.408 e. The monoisotopic (exact) mass is 430 g/mol. The molecule has 0 radical (unpaired) electrons. The minimum absolute atomic E-state index is 0.0171. The average molecular weight is 430 g/mol. The first-order valence-electron chi connectivity index (χ1n) is 8.82. The summed E-state index contributed by atoms with van der Waals surface area (Å²) < 4.78 is 48.7. The predicted molar refractivity (Wildman–Crippen MR) is 93.8 cm³/mol. The zero-order valence-corrected chi connectivity index (χ0v) is 15.7. The number of rotatable bonds is 6. The summed E-state index contributed by atoms with van der Waals surface area (Å²) in [5, 5.41) is 15.6. The molecule has 162 valence electrons. The fraction of sp³-hybridized carbons (Fsp3) is 0.500. The molecule has 2 aromatic heterocycles. The van der Waals surface area contributed by atoms with Crippen molar-refractivity contribution < 1.29 is 32.4 Å². The maximum atomic E-state index is 12.6. The highest BCUT2D eigenvalue weighted by atomic mass is 19.4. The molecule has 14 heteroatoms. The van der Waals surface area contributed by atoms with E-state index in [1.54, 1.807) is 6.92 Å². The summed E-state index contributed by atoms with van der Waals surface area (Å²) in [5.74, 6) is -1.05. The van der Waals surface area contributed by atoms with E-state index in [0.717, 1.165) is 6.33 Å². The van der Waals surface area contributed by atoms with E-state index < -0.39 is 35.3 Å². The molecule has 1 fully saturated rings. The van der Waals surface area contributed by atoms with Gasteiger partial charge in [-0.05, 0) is 13.0 Å². The summed E-state index contributed by atoms with van der Waals surface area (Å²) in [4.78, 5) is 32.5. The van der Waals surface area contributed by atoms with Crippen LogP contribution in [0, 0.1) is 10.1 Å². The Labute approximate surface area is 167 Å². The van der Waals surface area contributed by atoms with Crippen molar-refractivity contribution in [3.8, 4) is 0 Å². The zero-order valence-electron chi connectivity index (χ0n) is 15.7. The van der Waals surface area contributed by atoms with Crippen molar-refractivity contribution in [2.75, 3.05) is 31.3 Å². The number of morpholine rings is 1. The van der Waals surface area contributed by atoms with Crippen LogP contribution < -0.4 is 4.90 Å². The molecule has 0 bridgehead atoms. The van der Waals surface area contributed by atoms with E-state index in [1.165, 1.54) is 17.2 Å². The number of carbonyl (C=O) groups excluding carboxylic acids is 1. The first kappa shape index (κ1) is 21.4. The molecular weight excluding hydrogens is 413 g/mol. The van der Waals surface area contributed by atoms with Crippen LogP contribution in [-0.2, 0) is 16.0 Å². The summed E-state index contributed by atoms with van der Waals surface area (Å²) in [6.07, 6.45) is -2.34. The molecule has 3 rings (SSSR count). The van der Waals surface area contributed by atoms with Gasteiger partial charge in [0.15, 0.2) is 5.82 Å². The smallest absolute Gasteiger partial charge is 0.408 e. The van der Waals surface area contributed by atoms with Crippen LogP contribution in [0.2, 0.25) is 0 Å². The molecule has 1 saturated heterocycles. The largest absolute Gasteiger partial charge is 0.462 e. The third-order valence-corrected chi connectivity index (χ3v) is 4.18. The topological polar surface area (TPSA) is 126 Å². The van der Waals surface area contributed by atoms with Gasteiger partial charge < -0.3 is 14.4 Å². The van der Waals surface area contributed by atoms with Crippen molar-refractivity contribution in [3.05, 3.63) is 40.1 Å². The summed E-state index contributed by atoms with van der Waals surface area (Å²) in [5.41, 5.74) is -0.856. The van der Waals surface area contributed by atoms with E-state index in [9.17, 15) is 28.1 Å². The number of nitro groups is 1. The highest BCUT2D eigenvalue weighted by Crippen LogP contribution is 2.35. The third-order valence-electron chi connectivity index (χ3n) is 4.18. The number of hydrogen-bond donors (Lipinski definition) is 0. The zero-order chi connectivity index (χ0) is 21.9. The molecule has 2 aromatic rings. The van der Waals surface area contributed by atoms with E-state index in [4.69, 9.17) is 9.47 Å². The van der Waals surface area contributed by atoms with Gasteiger partial charge in [-0.3, -0.25) is 10.1 Å². The van der Waals surface area contributed by atoms with Gasteiger partial charge in [-0.15, -0.1) is 0 Å². The second-order valence-electron chi connectivity index (χ2n) is 6.21. The van der Waals surface area contributed by atoms with Crippen molar-refractivity contribution in [1.29, 1.82) is 0 Å². The Morgan fingerprint density at radius 2 is 2.20 bits per heavy atom.